The molecule has 0 aromatic rings. The van der Waals surface area contributed by atoms with E-state index in [0.717, 1.165) is 57.6 Å². The number of nitrogens with one attached hydrogen (secondary N) is 1. The van der Waals surface area contributed by atoms with Crippen LogP contribution in [0.5, 0.6) is 0 Å². The lowest BCUT2D eigenvalue weighted by atomic mass is 9.95. The van der Waals surface area contributed by atoms with Crippen LogP contribution in [0, 0.1) is 5.92 Å². The summed E-state index contributed by atoms with van der Waals surface area (Å²) in [6.45, 7) is 11.3. The van der Waals surface area contributed by atoms with E-state index in [1.165, 1.54) is 12.8 Å². The number of carbonyl (C=O) groups is 1. The van der Waals surface area contributed by atoms with Gasteiger partial charge in [0.25, 0.3) is 0 Å². The Hall–Kier alpha value is -0.570. The molecule has 1 aliphatic heterocycles. The lowest BCUT2D eigenvalue weighted by Crippen LogP contribution is -2.47. The third-order valence-corrected chi connectivity index (χ3v) is 4.94. The molecule has 1 heterocycles. The molecule has 146 valence electrons. The summed E-state index contributed by atoms with van der Waals surface area (Å²) < 4.78 is 0. The number of nitrogens with zero attached hydrogens (tertiary/aromatic N) is 3. The van der Waals surface area contributed by atoms with Crippen molar-refractivity contribution in [3.8, 4) is 0 Å². The molecule has 0 radical (unpaired) electrons. The molecule has 1 saturated heterocycles. The number of nitrogens with two attached hydrogens (primary N) is 1. The van der Waals surface area contributed by atoms with Crippen LogP contribution in [0.1, 0.15) is 52.9 Å². The number of rotatable bonds is 8. The number of hydrogen-bond acceptors (Lipinski definition) is 3. The summed E-state index contributed by atoms with van der Waals surface area (Å²) in [7, 11) is 0. The van der Waals surface area contributed by atoms with Gasteiger partial charge in [-0.1, -0.05) is 0 Å². The van der Waals surface area contributed by atoms with E-state index in [1.54, 1.807) is 0 Å². The molecular formula is C18H36IN5O. The van der Waals surface area contributed by atoms with Gasteiger partial charge in [0.1, 0.15) is 0 Å². The highest BCUT2D eigenvalue weighted by Gasteiger charge is 2.30. The zero-order valence-electron chi connectivity index (χ0n) is 16.0. The molecule has 0 bridgehead atoms. The maximum Gasteiger partial charge on any atom is 0.217 e. The number of carbonyl (C=O) groups excluding carboxylic acids is 1. The van der Waals surface area contributed by atoms with Gasteiger partial charge in [0.2, 0.25) is 5.91 Å². The van der Waals surface area contributed by atoms with Crippen LogP contribution in [0.2, 0.25) is 0 Å². The quantitative estimate of drug-likeness (QED) is 0.327. The Morgan fingerprint density at radius 3 is 2.64 bits per heavy atom. The molecule has 1 unspecified atom stereocenters. The van der Waals surface area contributed by atoms with Crippen LogP contribution in [-0.2, 0) is 4.79 Å². The number of hydrogen-bond donors (Lipinski definition) is 2. The summed E-state index contributed by atoms with van der Waals surface area (Å²) in [5.74, 6) is 1.16. The van der Waals surface area contributed by atoms with Crippen LogP contribution in [0.3, 0.4) is 0 Å². The first-order valence-corrected chi connectivity index (χ1v) is 9.58. The van der Waals surface area contributed by atoms with Gasteiger partial charge < -0.3 is 16.0 Å². The van der Waals surface area contributed by atoms with Crippen LogP contribution in [0.25, 0.3) is 0 Å². The molecule has 25 heavy (non-hydrogen) atoms. The van der Waals surface area contributed by atoms with Gasteiger partial charge >= 0.3 is 0 Å². The highest BCUT2D eigenvalue weighted by atomic mass is 127. The molecule has 1 amide bonds. The molecule has 2 fully saturated rings. The summed E-state index contributed by atoms with van der Waals surface area (Å²) in [6, 6.07) is 1.36. The number of guanidine groups is 1. The Kier molecular flexibility index (Phi) is 10.1. The van der Waals surface area contributed by atoms with Crippen molar-refractivity contribution < 1.29 is 4.79 Å². The Morgan fingerprint density at radius 2 is 2.08 bits per heavy atom. The first kappa shape index (κ1) is 22.5. The zero-order chi connectivity index (χ0) is 17.5. The van der Waals surface area contributed by atoms with E-state index in [1.807, 2.05) is 0 Å². The number of primary amides is 1. The molecule has 6 nitrogen and oxygen atoms in total. The molecule has 0 spiro atoms. The second-order valence-corrected chi connectivity index (χ2v) is 7.42. The summed E-state index contributed by atoms with van der Waals surface area (Å²) in [6.07, 6.45) is 5.34. The van der Waals surface area contributed by atoms with Gasteiger partial charge in [0.05, 0.1) is 6.54 Å². The minimum atomic E-state index is -0.194. The molecule has 2 aliphatic rings. The van der Waals surface area contributed by atoms with Crippen molar-refractivity contribution in [2.24, 2.45) is 16.6 Å². The number of halogens is 1. The predicted molar refractivity (Wildman–Crippen MR) is 114 cm³/mol. The maximum atomic E-state index is 11.2. The molecule has 7 heteroatoms. The van der Waals surface area contributed by atoms with Gasteiger partial charge in [-0.3, -0.25) is 14.7 Å². The molecule has 2 rings (SSSR count). The number of amides is 1. The van der Waals surface area contributed by atoms with Gasteiger partial charge in [0.15, 0.2) is 5.96 Å². The molecule has 1 aliphatic carbocycles. The molecular weight excluding hydrogens is 429 g/mol. The van der Waals surface area contributed by atoms with E-state index < -0.39 is 0 Å². The average Bonchev–Trinajstić information content (AvgIpc) is 3.34. The Bertz CT molecular complexity index is 437. The molecule has 0 aromatic heterocycles. The Morgan fingerprint density at radius 1 is 1.36 bits per heavy atom. The van der Waals surface area contributed by atoms with E-state index in [0.29, 0.717) is 18.4 Å². The van der Waals surface area contributed by atoms with Crippen molar-refractivity contribution in [1.29, 1.82) is 0 Å². The van der Waals surface area contributed by atoms with Crippen molar-refractivity contribution >= 4 is 35.8 Å². The highest BCUT2D eigenvalue weighted by molar-refractivity contribution is 14.0. The van der Waals surface area contributed by atoms with Gasteiger partial charge in [-0.15, -0.1) is 24.0 Å². The largest absolute Gasteiger partial charge is 0.370 e. The third kappa shape index (κ3) is 7.68. The van der Waals surface area contributed by atoms with Gasteiger partial charge in [0, 0.05) is 44.7 Å². The zero-order valence-corrected chi connectivity index (χ0v) is 18.4. The smallest absolute Gasteiger partial charge is 0.217 e. The van der Waals surface area contributed by atoms with Crippen molar-refractivity contribution in [3.05, 3.63) is 0 Å². The monoisotopic (exact) mass is 465 g/mol. The number of aliphatic imine (C=N–C) groups is 1. The van der Waals surface area contributed by atoms with Crippen molar-refractivity contribution in [2.45, 2.75) is 65.0 Å². The van der Waals surface area contributed by atoms with Crippen molar-refractivity contribution in [2.75, 3.05) is 32.7 Å². The van der Waals surface area contributed by atoms with E-state index in [4.69, 9.17) is 10.7 Å². The molecule has 1 saturated carbocycles. The Labute approximate surface area is 170 Å². The van der Waals surface area contributed by atoms with E-state index in [2.05, 4.69) is 35.9 Å². The normalized spacial score (nSPS) is 21.4. The van der Waals surface area contributed by atoms with E-state index in [9.17, 15) is 4.79 Å². The lowest BCUT2D eigenvalue weighted by molar-refractivity contribution is -0.119. The summed E-state index contributed by atoms with van der Waals surface area (Å²) in [5, 5.41) is 3.42. The third-order valence-electron chi connectivity index (χ3n) is 4.94. The van der Waals surface area contributed by atoms with Gasteiger partial charge in [-0.25, -0.2) is 0 Å². The first-order chi connectivity index (χ1) is 11.5. The molecule has 0 aromatic carbocycles. The number of piperidine rings is 1. The van der Waals surface area contributed by atoms with Crippen LogP contribution in [0.4, 0.5) is 0 Å². The van der Waals surface area contributed by atoms with Gasteiger partial charge in [-0.2, -0.15) is 0 Å². The summed E-state index contributed by atoms with van der Waals surface area (Å²) in [4.78, 5) is 20.9. The minimum Gasteiger partial charge on any atom is -0.370 e. The second kappa shape index (κ2) is 11.2. The van der Waals surface area contributed by atoms with Crippen LogP contribution in [0.15, 0.2) is 4.99 Å². The predicted octanol–water partition coefficient (Wildman–Crippen LogP) is 2.03. The first-order valence-electron chi connectivity index (χ1n) is 9.58. The maximum absolute atomic E-state index is 11.2. The highest BCUT2D eigenvalue weighted by Crippen LogP contribution is 2.28. The van der Waals surface area contributed by atoms with E-state index >= 15 is 0 Å². The fourth-order valence-electron chi connectivity index (χ4n) is 3.67. The van der Waals surface area contributed by atoms with Crippen LogP contribution >= 0.6 is 24.0 Å². The molecule has 3 N–H and O–H groups in total. The summed E-state index contributed by atoms with van der Waals surface area (Å²) in [5.41, 5.74) is 5.37. The fourth-order valence-corrected chi connectivity index (χ4v) is 3.67. The standard InChI is InChI=1S/C18H35N5O.HI/c1-4-20-18(21-9-11-23(14(2)3)16-7-8-16)22-10-5-6-15(13-22)12-17(19)24;/h14-16H,4-13H2,1-3H3,(H2,19,24)(H,20,21);1H. The number of likely N-dealkylation sites (tertiary alicyclic amines) is 1. The Balaban J connectivity index is 0.00000312. The molecule has 1 atom stereocenters. The van der Waals surface area contributed by atoms with Crippen molar-refractivity contribution in [3.63, 3.8) is 0 Å². The lowest BCUT2D eigenvalue weighted by Gasteiger charge is -2.35. The fraction of sp³-hybridized carbons (Fsp3) is 0.889. The van der Waals surface area contributed by atoms with E-state index in [-0.39, 0.29) is 29.9 Å². The summed E-state index contributed by atoms with van der Waals surface area (Å²) >= 11 is 0. The minimum absolute atomic E-state index is 0. The second-order valence-electron chi connectivity index (χ2n) is 7.42. The SMILES string of the molecule is CCNC(=NCCN(C(C)C)C1CC1)N1CCCC(CC(N)=O)C1.I. The van der Waals surface area contributed by atoms with Crippen LogP contribution < -0.4 is 11.1 Å². The van der Waals surface area contributed by atoms with Crippen molar-refractivity contribution in [1.82, 2.24) is 15.1 Å². The van der Waals surface area contributed by atoms with Crippen LogP contribution in [-0.4, -0.2) is 66.5 Å². The average molecular weight is 465 g/mol. The topological polar surface area (TPSA) is 74.0 Å². The van der Waals surface area contributed by atoms with Gasteiger partial charge in [-0.05, 0) is 52.4 Å².